The second-order valence-corrected chi connectivity index (χ2v) is 11.8. The molecule has 5 rings (SSSR count). The van der Waals surface area contributed by atoms with Crippen molar-refractivity contribution >= 4 is 46.2 Å². The summed E-state index contributed by atoms with van der Waals surface area (Å²) in [6.07, 6.45) is -0.380. The van der Waals surface area contributed by atoms with Crippen LogP contribution < -0.4 is 10.6 Å². The van der Waals surface area contributed by atoms with Crippen LogP contribution in [0.4, 0.5) is 19.4 Å². The Bertz CT molecular complexity index is 1470. The molecule has 1 saturated heterocycles. The fourth-order valence-corrected chi connectivity index (χ4v) is 6.44. The van der Waals surface area contributed by atoms with Crippen molar-refractivity contribution in [3.63, 3.8) is 0 Å². The standard InChI is InChI=1S/C26H27ClF2N4O3S/c1-14-13-31(7-8-32(14)25(35)36-26(2,3)4)23-17-12-18(27)20(16-6-5-15(28)11-19(16)29)22-21(17)33(9-10-37-22)24(34)30-23/h5-6,11-12,14H,7-10,13H2,1-4H3/t14-/m0/s1. The Kier molecular flexibility index (Phi) is 6.60. The first-order chi connectivity index (χ1) is 17.4. The van der Waals surface area contributed by atoms with Gasteiger partial charge in [-0.15, -0.1) is 11.8 Å². The molecule has 2 aliphatic rings. The highest BCUT2D eigenvalue weighted by Crippen LogP contribution is 2.46. The van der Waals surface area contributed by atoms with E-state index in [0.29, 0.717) is 59.1 Å². The minimum atomic E-state index is -0.723. The first-order valence-corrected chi connectivity index (χ1v) is 13.4. The Morgan fingerprint density at radius 3 is 2.62 bits per heavy atom. The number of hydrogen-bond donors (Lipinski definition) is 0. The van der Waals surface area contributed by atoms with E-state index in [2.05, 4.69) is 4.98 Å². The molecular formula is C26H27ClF2N4O3S. The Morgan fingerprint density at radius 2 is 1.95 bits per heavy atom. The molecule has 3 aromatic rings. The number of halogens is 3. The first-order valence-electron chi connectivity index (χ1n) is 12.0. The monoisotopic (exact) mass is 548 g/mol. The topological polar surface area (TPSA) is 67.7 Å². The van der Waals surface area contributed by atoms with E-state index < -0.39 is 22.9 Å². The van der Waals surface area contributed by atoms with Crippen LogP contribution in [-0.4, -0.2) is 57.6 Å². The zero-order valence-electron chi connectivity index (χ0n) is 21.0. The lowest BCUT2D eigenvalue weighted by Crippen LogP contribution is -2.55. The van der Waals surface area contributed by atoms with Gasteiger partial charge in [-0.2, -0.15) is 4.98 Å². The molecule has 2 aromatic carbocycles. The number of anilines is 1. The normalized spacial score (nSPS) is 17.9. The Morgan fingerprint density at radius 1 is 1.19 bits per heavy atom. The number of hydrogen-bond acceptors (Lipinski definition) is 6. The maximum Gasteiger partial charge on any atom is 0.410 e. The molecule has 11 heteroatoms. The molecule has 0 N–H and O–H groups in total. The number of benzene rings is 2. The van der Waals surface area contributed by atoms with Gasteiger partial charge in [0.1, 0.15) is 23.1 Å². The van der Waals surface area contributed by atoms with Gasteiger partial charge in [0.05, 0.1) is 10.5 Å². The largest absolute Gasteiger partial charge is 0.444 e. The summed E-state index contributed by atoms with van der Waals surface area (Å²) in [5, 5.41) is 0.965. The molecule has 0 saturated carbocycles. The number of aromatic nitrogens is 2. The van der Waals surface area contributed by atoms with Crippen LogP contribution in [0.3, 0.4) is 0 Å². The lowest BCUT2D eigenvalue weighted by Gasteiger charge is -2.41. The fourth-order valence-electron chi connectivity index (χ4n) is 4.87. The molecule has 1 atom stereocenters. The molecule has 3 heterocycles. The van der Waals surface area contributed by atoms with Crippen molar-refractivity contribution in [3.8, 4) is 11.1 Å². The number of carbonyl (C=O) groups is 1. The predicted molar refractivity (Wildman–Crippen MR) is 142 cm³/mol. The van der Waals surface area contributed by atoms with Gasteiger partial charge in [-0.05, 0) is 45.9 Å². The van der Waals surface area contributed by atoms with Gasteiger partial charge in [0.15, 0.2) is 0 Å². The summed E-state index contributed by atoms with van der Waals surface area (Å²) in [5.41, 5.74) is 0.242. The highest BCUT2D eigenvalue weighted by atomic mass is 35.5. The maximum absolute atomic E-state index is 14.8. The average Bonchev–Trinajstić information content (AvgIpc) is 2.81. The number of carbonyl (C=O) groups excluding carboxylic acids is 1. The predicted octanol–water partition coefficient (Wildman–Crippen LogP) is 5.55. The van der Waals surface area contributed by atoms with Crippen LogP contribution in [-0.2, 0) is 11.3 Å². The van der Waals surface area contributed by atoms with E-state index in [1.807, 2.05) is 32.6 Å². The Balaban J connectivity index is 1.59. The van der Waals surface area contributed by atoms with Gasteiger partial charge in [-0.3, -0.25) is 4.57 Å². The van der Waals surface area contributed by atoms with Crippen LogP contribution >= 0.6 is 23.4 Å². The van der Waals surface area contributed by atoms with Crippen LogP contribution in [0.15, 0.2) is 34.0 Å². The Labute approximate surface area is 222 Å². The van der Waals surface area contributed by atoms with Gasteiger partial charge >= 0.3 is 11.8 Å². The number of piperazine rings is 1. The third kappa shape index (κ3) is 4.77. The van der Waals surface area contributed by atoms with E-state index in [-0.39, 0.29) is 22.7 Å². The van der Waals surface area contributed by atoms with Crippen molar-refractivity contribution in [1.29, 1.82) is 0 Å². The number of ether oxygens (including phenoxy) is 1. The van der Waals surface area contributed by atoms with E-state index in [4.69, 9.17) is 16.3 Å². The summed E-state index contributed by atoms with van der Waals surface area (Å²) in [7, 11) is 0. The van der Waals surface area contributed by atoms with E-state index in [1.54, 1.807) is 15.5 Å². The molecule has 1 fully saturated rings. The van der Waals surface area contributed by atoms with Crippen molar-refractivity contribution < 1.29 is 18.3 Å². The van der Waals surface area contributed by atoms with Crippen LogP contribution in [0.2, 0.25) is 5.02 Å². The third-order valence-electron chi connectivity index (χ3n) is 6.47. The summed E-state index contributed by atoms with van der Waals surface area (Å²) in [4.78, 5) is 34.6. The van der Waals surface area contributed by atoms with Gasteiger partial charge in [0.25, 0.3) is 0 Å². The summed E-state index contributed by atoms with van der Waals surface area (Å²) in [6.45, 7) is 9.15. The quantitative estimate of drug-likeness (QED) is 0.418. The highest BCUT2D eigenvalue weighted by molar-refractivity contribution is 7.99. The van der Waals surface area contributed by atoms with E-state index >= 15 is 0 Å². The number of rotatable bonds is 2. The van der Waals surface area contributed by atoms with Gasteiger partial charge < -0.3 is 14.5 Å². The van der Waals surface area contributed by atoms with Crippen molar-refractivity contribution in [2.24, 2.45) is 0 Å². The number of thioether (sulfide) groups is 1. The van der Waals surface area contributed by atoms with Crippen LogP contribution in [0.5, 0.6) is 0 Å². The zero-order chi connectivity index (χ0) is 26.6. The smallest absolute Gasteiger partial charge is 0.410 e. The second kappa shape index (κ2) is 9.47. The van der Waals surface area contributed by atoms with Crippen molar-refractivity contribution in [1.82, 2.24) is 14.5 Å². The molecule has 196 valence electrons. The number of amides is 1. The van der Waals surface area contributed by atoms with Crippen LogP contribution in [0.25, 0.3) is 22.0 Å². The van der Waals surface area contributed by atoms with Crippen LogP contribution in [0.1, 0.15) is 27.7 Å². The molecule has 0 aliphatic carbocycles. The van der Waals surface area contributed by atoms with Gasteiger partial charge in [-0.1, -0.05) is 11.6 Å². The van der Waals surface area contributed by atoms with E-state index in [1.165, 1.54) is 23.9 Å². The number of nitrogens with zero attached hydrogens (tertiary/aromatic N) is 4. The third-order valence-corrected chi connectivity index (χ3v) is 7.84. The lowest BCUT2D eigenvalue weighted by molar-refractivity contribution is 0.0158. The van der Waals surface area contributed by atoms with E-state index in [9.17, 15) is 18.4 Å². The summed E-state index contributed by atoms with van der Waals surface area (Å²) in [6, 6.07) is 4.90. The SMILES string of the molecule is C[C@H]1CN(c2nc(=O)n3c4c(c(-c5ccc(F)cc5F)c(Cl)cc24)SCC3)CCN1C(=O)OC(C)(C)C. The molecule has 1 aromatic heterocycles. The lowest BCUT2D eigenvalue weighted by atomic mass is 10.0. The first kappa shape index (κ1) is 25.8. The number of aryl methyl sites for hydroxylation is 1. The second-order valence-electron chi connectivity index (χ2n) is 10.3. The molecule has 37 heavy (non-hydrogen) atoms. The summed E-state index contributed by atoms with van der Waals surface area (Å²) >= 11 is 8.22. The molecule has 0 spiro atoms. The Hall–Kier alpha value is -2.85. The molecule has 0 unspecified atom stereocenters. The van der Waals surface area contributed by atoms with Gasteiger partial charge in [-0.25, -0.2) is 18.4 Å². The van der Waals surface area contributed by atoms with Crippen molar-refractivity contribution in [2.75, 3.05) is 30.3 Å². The zero-order valence-corrected chi connectivity index (χ0v) is 22.6. The van der Waals surface area contributed by atoms with Gasteiger partial charge in [0, 0.05) is 65.4 Å². The maximum atomic E-state index is 14.8. The minimum absolute atomic E-state index is 0.176. The van der Waals surface area contributed by atoms with E-state index in [0.717, 1.165) is 6.07 Å². The molecule has 2 aliphatic heterocycles. The molecule has 0 bridgehead atoms. The average molecular weight is 549 g/mol. The minimum Gasteiger partial charge on any atom is -0.444 e. The van der Waals surface area contributed by atoms with Crippen LogP contribution in [0, 0.1) is 11.6 Å². The summed E-state index contributed by atoms with van der Waals surface area (Å²) in [5.74, 6) is -0.338. The highest BCUT2D eigenvalue weighted by Gasteiger charge is 2.33. The fraction of sp³-hybridized carbons (Fsp3) is 0.423. The van der Waals surface area contributed by atoms with Crippen molar-refractivity contribution in [3.05, 3.63) is 51.4 Å². The van der Waals surface area contributed by atoms with Gasteiger partial charge in [0.2, 0.25) is 0 Å². The molecule has 7 nitrogen and oxygen atoms in total. The summed E-state index contributed by atoms with van der Waals surface area (Å²) < 4.78 is 35.5. The van der Waals surface area contributed by atoms with Crippen molar-refractivity contribution in [2.45, 2.75) is 50.8 Å². The molecule has 0 radical (unpaired) electrons. The molecule has 1 amide bonds. The molecular weight excluding hydrogens is 522 g/mol.